The summed E-state index contributed by atoms with van der Waals surface area (Å²) < 4.78 is 13.5. The van der Waals surface area contributed by atoms with Gasteiger partial charge in [0, 0.05) is 4.83 Å². The zero-order valence-corrected chi connectivity index (χ0v) is 9.31. The van der Waals surface area contributed by atoms with Crippen molar-refractivity contribution in [2.45, 2.75) is 24.6 Å². The van der Waals surface area contributed by atoms with Crippen molar-refractivity contribution in [3.05, 3.63) is 35.1 Å². The van der Waals surface area contributed by atoms with Crippen LogP contribution >= 0.6 is 15.9 Å². The smallest absolute Gasteiger partial charge is 0.126 e. The average molecular weight is 243 g/mol. The van der Waals surface area contributed by atoms with Crippen LogP contribution in [0, 0.1) is 11.7 Å². The summed E-state index contributed by atoms with van der Waals surface area (Å²) in [5.41, 5.74) is 2.02. The van der Waals surface area contributed by atoms with Gasteiger partial charge in [-0.05, 0) is 29.0 Å². The van der Waals surface area contributed by atoms with E-state index >= 15 is 0 Å². The summed E-state index contributed by atoms with van der Waals surface area (Å²) in [6.45, 7) is 4.25. The van der Waals surface area contributed by atoms with E-state index < -0.39 is 0 Å². The first-order chi connectivity index (χ1) is 6.13. The fourth-order valence-corrected chi connectivity index (χ4v) is 2.93. The Hall–Kier alpha value is -0.370. The Morgan fingerprint density at radius 3 is 2.62 bits per heavy atom. The second kappa shape index (κ2) is 3.09. The summed E-state index contributed by atoms with van der Waals surface area (Å²) in [5.74, 6) is 0.742. The van der Waals surface area contributed by atoms with E-state index in [1.54, 1.807) is 12.1 Å². The summed E-state index contributed by atoms with van der Waals surface area (Å²) in [7, 11) is 0. The molecule has 3 unspecified atom stereocenters. The molecule has 0 spiro atoms. The maximum atomic E-state index is 13.5. The van der Waals surface area contributed by atoms with E-state index in [2.05, 4.69) is 29.8 Å². The Bertz CT molecular complexity index is 335. The largest absolute Gasteiger partial charge is 0.207 e. The predicted molar refractivity (Wildman–Crippen MR) is 55.6 cm³/mol. The van der Waals surface area contributed by atoms with Crippen molar-refractivity contribution in [3.63, 3.8) is 0 Å². The molecule has 13 heavy (non-hydrogen) atoms. The number of benzene rings is 1. The molecule has 0 aliphatic heterocycles. The van der Waals surface area contributed by atoms with Gasteiger partial charge in [-0.3, -0.25) is 0 Å². The minimum absolute atomic E-state index is 0.0567. The lowest BCUT2D eigenvalue weighted by Crippen LogP contribution is -2.00. The number of halogens is 2. The van der Waals surface area contributed by atoms with Gasteiger partial charge in [-0.1, -0.05) is 41.9 Å². The van der Waals surface area contributed by atoms with Gasteiger partial charge in [0.15, 0.2) is 0 Å². The molecule has 0 fully saturated rings. The summed E-state index contributed by atoms with van der Waals surface area (Å²) in [5, 5.41) is 0. The molecule has 1 aromatic rings. The second-order valence-electron chi connectivity index (χ2n) is 3.79. The van der Waals surface area contributed by atoms with Crippen LogP contribution in [0.1, 0.15) is 35.7 Å². The number of alkyl halides is 1. The Morgan fingerprint density at radius 2 is 2.00 bits per heavy atom. The highest BCUT2D eigenvalue weighted by molar-refractivity contribution is 9.09. The van der Waals surface area contributed by atoms with Gasteiger partial charge in [-0.2, -0.15) is 0 Å². The number of rotatable bonds is 0. The quantitative estimate of drug-likeness (QED) is 0.604. The number of hydrogen-bond donors (Lipinski definition) is 0. The van der Waals surface area contributed by atoms with Gasteiger partial charge < -0.3 is 0 Å². The van der Waals surface area contributed by atoms with Crippen LogP contribution in [-0.4, -0.2) is 0 Å². The minimum atomic E-state index is -0.0567. The number of fused-ring (bicyclic) bond motifs is 1. The third-order valence-electron chi connectivity index (χ3n) is 3.09. The van der Waals surface area contributed by atoms with Crippen molar-refractivity contribution in [1.82, 2.24) is 0 Å². The van der Waals surface area contributed by atoms with E-state index in [9.17, 15) is 4.39 Å². The highest BCUT2D eigenvalue weighted by Crippen LogP contribution is 2.49. The predicted octanol–water partition coefficient (Wildman–Crippen LogP) is 4.01. The molecule has 0 amide bonds. The highest BCUT2D eigenvalue weighted by Gasteiger charge is 2.35. The van der Waals surface area contributed by atoms with Crippen LogP contribution in [0.15, 0.2) is 18.2 Å². The Labute approximate surface area is 86.3 Å². The molecule has 0 aromatic heterocycles. The first-order valence-electron chi connectivity index (χ1n) is 4.55. The molecule has 1 aliphatic rings. The zero-order valence-electron chi connectivity index (χ0n) is 7.72. The van der Waals surface area contributed by atoms with Crippen LogP contribution in [-0.2, 0) is 0 Å². The minimum Gasteiger partial charge on any atom is -0.207 e. The van der Waals surface area contributed by atoms with E-state index in [-0.39, 0.29) is 5.82 Å². The van der Waals surface area contributed by atoms with Crippen LogP contribution in [0.3, 0.4) is 0 Å². The van der Waals surface area contributed by atoms with Crippen LogP contribution in [0.25, 0.3) is 0 Å². The monoisotopic (exact) mass is 242 g/mol. The molecule has 2 heteroatoms. The molecule has 0 saturated carbocycles. The third kappa shape index (κ3) is 1.23. The lowest BCUT2D eigenvalue weighted by molar-refractivity contribution is 0.509. The van der Waals surface area contributed by atoms with Gasteiger partial charge in [0.25, 0.3) is 0 Å². The molecule has 2 rings (SSSR count). The number of hydrogen-bond acceptors (Lipinski definition) is 0. The van der Waals surface area contributed by atoms with Gasteiger partial charge in [0.2, 0.25) is 0 Å². The van der Waals surface area contributed by atoms with Crippen molar-refractivity contribution < 1.29 is 4.39 Å². The third-order valence-corrected chi connectivity index (χ3v) is 4.42. The molecule has 1 aromatic carbocycles. The van der Waals surface area contributed by atoms with Crippen molar-refractivity contribution in [3.8, 4) is 0 Å². The van der Waals surface area contributed by atoms with E-state index in [0.29, 0.717) is 16.7 Å². The Balaban J connectivity index is 2.60. The van der Waals surface area contributed by atoms with Gasteiger partial charge in [-0.15, -0.1) is 0 Å². The molecule has 0 radical (unpaired) electrons. The lowest BCUT2D eigenvalue weighted by atomic mass is 9.96. The van der Waals surface area contributed by atoms with E-state index in [4.69, 9.17) is 0 Å². The van der Waals surface area contributed by atoms with E-state index in [1.807, 2.05) is 6.07 Å². The first kappa shape index (κ1) is 9.20. The molecular weight excluding hydrogens is 231 g/mol. The zero-order chi connectivity index (χ0) is 9.59. The van der Waals surface area contributed by atoms with Crippen LogP contribution in [0.5, 0.6) is 0 Å². The second-order valence-corrected chi connectivity index (χ2v) is 4.78. The maximum absolute atomic E-state index is 13.5. The maximum Gasteiger partial charge on any atom is 0.126 e. The van der Waals surface area contributed by atoms with Gasteiger partial charge in [-0.25, -0.2) is 4.39 Å². The summed E-state index contributed by atoms with van der Waals surface area (Å²) in [6, 6.07) is 5.35. The lowest BCUT2D eigenvalue weighted by Gasteiger charge is -2.12. The van der Waals surface area contributed by atoms with E-state index in [1.165, 1.54) is 0 Å². The summed E-state index contributed by atoms with van der Waals surface area (Å²) >= 11 is 3.61. The van der Waals surface area contributed by atoms with Crippen molar-refractivity contribution in [2.75, 3.05) is 0 Å². The fourth-order valence-electron chi connectivity index (χ4n) is 2.07. The molecule has 70 valence electrons. The Kier molecular flexibility index (Phi) is 2.18. The van der Waals surface area contributed by atoms with Gasteiger partial charge in [0.05, 0.1) is 0 Å². The highest BCUT2D eigenvalue weighted by atomic mass is 79.9. The Morgan fingerprint density at radius 1 is 1.31 bits per heavy atom. The first-order valence-corrected chi connectivity index (χ1v) is 5.47. The molecule has 0 N–H and O–H groups in total. The van der Waals surface area contributed by atoms with Crippen molar-refractivity contribution >= 4 is 15.9 Å². The topological polar surface area (TPSA) is 0 Å². The molecule has 0 saturated heterocycles. The molecule has 1 aliphatic carbocycles. The standard InChI is InChI=1S/C11H12BrF/c1-6-7(2)11(12)8-4-3-5-9(13)10(6)8/h3-7,11H,1-2H3. The normalized spacial score (nSPS) is 31.8. The molecule has 0 nitrogen and oxygen atoms in total. The van der Waals surface area contributed by atoms with Crippen LogP contribution < -0.4 is 0 Å². The van der Waals surface area contributed by atoms with Crippen LogP contribution in [0.2, 0.25) is 0 Å². The molecule has 3 atom stereocenters. The SMILES string of the molecule is CC1c2c(F)cccc2C(Br)C1C. The molecule has 0 bridgehead atoms. The fraction of sp³-hybridized carbons (Fsp3) is 0.455. The van der Waals surface area contributed by atoms with Crippen LogP contribution in [0.4, 0.5) is 4.39 Å². The average Bonchev–Trinajstić information content (AvgIpc) is 2.33. The van der Waals surface area contributed by atoms with Crippen molar-refractivity contribution in [1.29, 1.82) is 0 Å². The van der Waals surface area contributed by atoms with Crippen molar-refractivity contribution in [2.24, 2.45) is 5.92 Å². The van der Waals surface area contributed by atoms with E-state index in [0.717, 1.165) is 11.1 Å². The van der Waals surface area contributed by atoms with Gasteiger partial charge >= 0.3 is 0 Å². The van der Waals surface area contributed by atoms with Gasteiger partial charge in [0.1, 0.15) is 5.82 Å². The summed E-state index contributed by atoms with van der Waals surface area (Å²) in [4.78, 5) is 0.313. The molecular formula is C11H12BrF. The molecule has 0 heterocycles. The summed E-state index contributed by atoms with van der Waals surface area (Å²) in [6.07, 6.45) is 0.